The van der Waals surface area contributed by atoms with Crippen LogP contribution in [0.15, 0.2) is 24.3 Å². The number of nitrogens with zero attached hydrogens (tertiary/aromatic N) is 2. The molecule has 0 saturated carbocycles. The van der Waals surface area contributed by atoms with Crippen molar-refractivity contribution >= 4 is 5.91 Å². The highest BCUT2D eigenvalue weighted by atomic mass is 16.2. The fourth-order valence-corrected chi connectivity index (χ4v) is 2.34. The molecule has 0 spiro atoms. The number of hydrogen-bond acceptors (Lipinski definition) is 3. The first-order valence-electron chi connectivity index (χ1n) is 6.69. The number of rotatable bonds is 5. The lowest BCUT2D eigenvalue weighted by Crippen LogP contribution is -2.39. The van der Waals surface area contributed by atoms with Crippen molar-refractivity contribution < 1.29 is 4.79 Å². The largest absolute Gasteiger partial charge is 0.341 e. The van der Waals surface area contributed by atoms with E-state index in [1.807, 2.05) is 23.1 Å². The van der Waals surface area contributed by atoms with Crippen molar-refractivity contribution in [2.45, 2.75) is 32.4 Å². The number of nitrogens with one attached hydrogen (secondary N) is 1. The summed E-state index contributed by atoms with van der Waals surface area (Å²) in [6, 6.07) is 9.98. The van der Waals surface area contributed by atoms with E-state index in [-0.39, 0.29) is 11.9 Å². The zero-order valence-corrected chi connectivity index (χ0v) is 11.2. The van der Waals surface area contributed by atoms with Gasteiger partial charge in [0, 0.05) is 32.1 Å². The maximum atomic E-state index is 11.5. The number of carbonyl (C=O) groups excluding carboxylic acids is 1. The van der Waals surface area contributed by atoms with Crippen LogP contribution in [-0.4, -0.2) is 29.9 Å². The van der Waals surface area contributed by atoms with Gasteiger partial charge in [0.15, 0.2) is 0 Å². The van der Waals surface area contributed by atoms with Gasteiger partial charge in [0.2, 0.25) is 5.91 Å². The lowest BCUT2D eigenvalue weighted by Gasteiger charge is -2.21. The minimum Gasteiger partial charge on any atom is -0.341 e. The van der Waals surface area contributed by atoms with E-state index in [0.29, 0.717) is 12.0 Å². The molecule has 0 aromatic heterocycles. The quantitative estimate of drug-likeness (QED) is 0.872. The van der Waals surface area contributed by atoms with Crippen molar-refractivity contribution in [1.82, 2.24) is 10.2 Å². The van der Waals surface area contributed by atoms with Gasteiger partial charge in [0.05, 0.1) is 11.6 Å². The van der Waals surface area contributed by atoms with Gasteiger partial charge in [-0.3, -0.25) is 4.79 Å². The summed E-state index contributed by atoms with van der Waals surface area (Å²) in [6.45, 7) is 4.45. The second kappa shape index (κ2) is 6.35. The zero-order chi connectivity index (χ0) is 13.7. The number of benzene rings is 1. The molecular formula is C15H19N3O. The molecular weight excluding hydrogens is 238 g/mol. The summed E-state index contributed by atoms with van der Waals surface area (Å²) in [5, 5.41) is 12.2. The second-order valence-corrected chi connectivity index (χ2v) is 5.04. The van der Waals surface area contributed by atoms with Crippen LogP contribution in [-0.2, 0) is 11.3 Å². The number of carbonyl (C=O) groups is 1. The Balaban J connectivity index is 1.81. The second-order valence-electron chi connectivity index (χ2n) is 5.04. The molecule has 1 aliphatic rings. The van der Waals surface area contributed by atoms with E-state index >= 15 is 0 Å². The van der Waals surface area contributed by atoms with Crippen LogP contribution in [0.3, 0.4) is 0 Å². The molecule has 1 aliphatic heterocycles. The highest BCUT2D eigenvalue weighted by Crippen LogP contribution is 2.10. The maximum absolute atomic E-state index is 11.5. The molecule has 0 bridgehead atoms. The highest BCUT2D eigenvalue weighted by Gasteiger charge is 2.21. The molecule has 1 N–H and O–H groups in total. The van der Waals surface area contributed by atoms with Gasteiger partial charge in [-0.25, -0.2) is 0 Å². The third-order valence-electron chi connectivity index (χ3n) is 3.38. The van der Waals surface area contributed by atoms with Crippen molar-refractivity contribution in [3.8, 4) is 6.07 Å². The van der Waals surface area contributed by atoms with E-state index in [1.54, 1.807) is 6.07 Å². The van der Waals surface area contributed by atoms with E-state index in [1.165, 1.54) is 0 Å². The predicted molar refractivity (Wildman–Crippen MR) is 73.3 cm³/mol. The monoisotopic (exact) mass is 257 g/mol. The standard InChI is InChI=1S/C15H19N3O/c1-12(11-18-7-3-6-15(18)19)17-10-14-5-2-4-13(8-14)9-16/h2,4-5,8,12,17H,3,6-7,10-11H2,1H3. The minimum atomic E-state index is 0.257. The van der Waals surface area contributed by atoms with Crippen molar-refractivity contribution in [3.05, 3.63) is 35.4 Å². The molecule has 4 heteroatoms. The van der Waals surface area contributed by atoms with Gasteiger partial charge in [0.1, 0.15) is 0 Å². The normalized spacial score (nSPS) is 16.4. The fourth-order valence-electron chi connectivity index (χ4n) is 2.34. The first kappa shape index (κ1) is 13.6. The fraction of sp³-hybridized carbons (Fsp3) is 0.467. The minimum absolute atomic E-state index is 0.257. The van der Waals surface area contributed by atoms with Gasteiger partial charge in [-0.15, -0.1) is 0 Å². The number of hydrogen-bond donors (Lipinski definition) is 1. The first-order valence-corrected chi connectivity index (χ1v) is 6.69. The van der Waals surface area contributed by atoms with Gasteiger partial charge in [-0.05, 0) is 31.0 Å². The molecule has 0 aliphatic carbocycles. The average Bonchev–Trinajstić information content (AvgIpc) is 2.82. The predicted octanol–water partition coefficient (Wildman–Crippen LogP) is 1.66. The third kappa shape index (κ3) is 3.80. The van der Waals surface area contributed by atoms with Crippen LogP contribution < -0.4 is 5.32 Å². The Morgan fingerprint density at radius 1 is 1.53 bits per heavy atom. The Morgan fingerprint density at radius 3 is 3.05 bits per heavy atom. The summed E-state index contributed by atoms with van der Waals surface area (Å²) in [4.78, 5) is 13.4. The molecule has 1 heterocycles. The smallest absolute Gasteiger partial charge is 0.222 e. The topological polar surface area (TPSA) is 56.1 Å². The van der Waals surface area contributed by atoms with Crippen LogP contribution in [0, 0.1) is 11.3 Å². The van der Waals surface area contributed by atoms with E-state index in [2.05, 4.69) is 18.3 Å². The molecule has 1 unspecified atom stereocenters. The molecule has 2 rings (SSSR count). The lowest BCUT2D eigenvalue weighted by molar-refractivity contribution is -0.127. The summed E-state index contributed by atoms with van der Waals surface area (Å²) >= 11 is 0. The van der Waals surface area contributed by atoms with E-state index in [0.717, 1.165) is 31.6 Å². The molecule has 1 aromatic rings. The summed E-state index contributed by atoms with van der Waals surface area (Å²) < 4.78 is 0. The zero-order valence-electron chi connectivity index (χ0n) is 11.2. The Labute approximate surface area is 114 Å². The molecule has 1 amide bonds. The van der Waals surface area contributed by atoms with Crippen LogP contribution >= 0.6 is 0 Å². The van der Waals surface area contributed by atoms with Crippen LogP contribution in [0.25, 0.3) is 0 Å². The molecule has 1 fully saturated rings. The number of nitriles is 1. The van der Waals surface area contributed by atoms with Crippen molar-refractivity contribution in [3.63, 3.8) is 0 Å². The van der Waals surface area contributed by atoms with Gasteiger partial charge >= 0.3 is 0 Å². The van der Waals surface area contributed by atoms with E-state index in [4.69, 9.17) is 5.26 Å². The molecule has 19 heavy (non-hydrogen) atoms. The molecule has 0 radical (unpaired) electrons. The van der Waals surface area contributed by atoms with Crippen molar-refractivity contribution in [2.24, 2.45) is 0 Å². The third-order valence-corrected chi connectivity index (χ3v) is 3.38. The van der Waals surface area contributed by atoms with Gasteiger partial charge < -0.3 is 10.2 Å². The molecule has 4 nitrogen and oxygen atoms in total. The van der Waals surface area contributed by atoms with Gasteiger partial charge in [-0.2, -0.15) is 5.26 Å². The average molecular weight is 257 g/mol. The van der Waals surface area contributed by atoms with Crippen LogP contribution in [0.1, 0.15) is 30.9 Å². The number of likely N-dealkylation sites (tertiary alicyclic amines) is 1. The molecule has 100 valence electrons. The summed E-state index contributed by atoms with van der Waals surface area (Å²) in [6.07, 6.45) is 1.67. The highest BCUT2D eigenvalue weighted by molar-refractivity contribution is 5.78. The molecule has 1 saturated heterocycles. The summed E-state index contributed by atoms with van der Waals surface area (Å²) in [7, 11) is 0. The van der Waals surface area contributed by atoms with E-state index < -0.39 is 0 Å². The Bertz CT molecular complexity index is 492. The molecule has 1 atom stereocenters. The Kier molecular flexibility index (Phi) is 4.53. The molecule has 1 aromatic carbocycles. The van der Waals surface area contributed by atoms with Crippen LogP contribution in [0.4, 0.5) is 0 Å². The Morgan fingerprint density at radius 2 is 2.37 bits per heavy atom. The van der Waals surface area contributed by atoms with Gasteiger partial charge in [0.25, 0.3) is 0 Å². The maximum Gasteiger partial charge on any atom is 0.222 e. The lowest BCUT2D eigenvalue weighted by atomic mass is 10.1. The van der Waals surface area contributed by atoms with Crippen molar-refractivity contribution in [2.75, 3.05) is 13.1 Å². The van der Waals surface area contributed by atoms with Crippen molar-refractivity contribution in [1.29, 1.82) is 5.26 Å². The SMILES string of the molecule is CC(CN1CCCC1=O)NCc1cccc(C#N)c1. The first-order chi connectivity index (χ1) is 9.19. The summed E-state index contributed by atoms with van der Waals surface area (Å²) in [5.41, 5.74) is 1.78. The summed E-state index contributed by atoms with van der Waals surface area (Å²) in [5.74, 6) is 0.264. The van der Waals surface area contributed by atoms with E-state index in [9.17, 15) is 4.79 Å². The number of amides is 1. The van der Waals surface area contributed by atoms with Crippen LogP contribution in [0.5, 0.6) is 0 Å². The van der Waals surface area contributed by atoms with Crippen LogP contribution in [0.2, 0.25) is 0 Å². The van der Waals surface area contributed by atoms with Gasteiger partial charge in [-0.1, -0.05) is 12.1 Å². The Hall–Kier alpha value is -1.86.